The van der Waals surface area contributed by atoms with E-state index >= 15 is 0 Å². The van der Waals surface area contributed by atoms with E-state index in [1.165, 1.54) is 4.31 Å². The third-order valence-electron chi connectivity index (χ3n) is 3.09. The number of pyridine rings is 1. The number of nitrogens with zero attached hydrogens (tertiary/aromatic N) is 2. The summed E-state index contributed by atoms with van der Waals surface area (Å²) in [5, 5.41) is 0.757. The highest BCUT2D eigenvalue weighted by Gasteiger charge is 2.23. The molecule has 5 nitrogen and oxygen atoms in total. The molecule has 0 aliphatic heterocycles. The smallest absolute Gasteiger partial charge is 0.243 e. The number of benzene rings is 1. The highest BCUT2D eigenvalue weighted by atomic mass is 32.2. The molecule has 0 saturated heterocycles. The lowest BCUT2D eigenvalue weighted by atomic mass is 10.2. The first kappa shape index (κ1) is 13.8. The SMILES string of the molecule is CC(C)N(C)S(=O)(=O)c1ccc2nc(N)ccc2c1. The van der Waals surface area contributed by atoms with Crippen molar-refractivity contribution in [3.63, 3.8) is 0 Å². The van der Waals surface area contributed by atoms with E-state index in [0.29, 0.717) is 11.3 Å². The highest BCUT2D eigenvalue weighted by molar-refractivity contribution is 7.89. The van der Waals surface area contributed by atoms with Gasteiger partial charge < -0.3 is 5.73 Å². The van der Waals surface area contributed by atoms with Crippen molar-refractivity contribution in [1.82, 2.24) is 9.29 Å². The van der Waals surface area contributed by atoms with Crippen molar-refractivity contribution in [3.05, 3.63) is 30.3 Å². The molecule has 0 bridgehead atoms. The summed E-state index contributed by atoms with van der Waals surface area (Å²) in [4.78, 5) is 4.41. The average Bonchev–Trinajstić information content (AvgIpc) is 2.36. The molecular weight excluding hydrogens is 262 g/mol. The van der Waals surface area contributed by atoms with Crippen LogP contribution in [0.15, 0.2) is 35.2 Å². The molecule has 0 radical (unpaired) electrons. The minimum atomic E-state index is -3.47. The molecule has 0 saturated carbocycles. The standard InChI is InChI=1S/C13H17N3O2S/c1-9(2)16(3)19(17,18)11-5-6-12-10(8-11)4-7-13(14)15-12/h4-9H,1-3H3,(H2,14,15). The van der Waals surface area contributed by atoms with Gasteiger partial charge in [0, 0.05) is 18.5 Å². The Bertz CT molecular complexity index is 711. The lowest BCUT2D eigenvalue weighted by molar-refractivity contribution is 0.410. The van der Waals surface area contributed by atoms with E-state index in [9.17, 15) is 8.42 Å². The summed E-state index contributed by atoms with van der Waals surface area (Å²) in [6.07, 6.45) is 0. The fourth-order valence-corrected chi connectivity index (χ4v) is 3.13. The Balaban J connectivity index is 2.55. The molecule has 0 amide bonds. The number of aromatic nitrogens is 1. The van der Waals surface area contributed by atoms with Crippen LogP contribution < -0.4 is 5.73 Å². The van der Waals surface area contributed by atoms with Gasteiger partial charge in [-0.3, -0.25) is 0 Å². The topological polar surface area (TPSA) is 76.3 Å². The van der Waals surface area contributed by atoms with E-state index in [4.69, 9.17) is 5.73 Å². The molecule has 1 aromatic carbocycles. The molecule has 0 aliphatic carbocycles. The number of hydrogen-bond acceptors (Lipinski definition) is 4. The van der Waals surface area contributed by atoms with Crippen molar-refractivity contribution in [3.8, 4) is 0 Å². The number of sulfonamides is 1. The molecule has 6 heteroatoms. The van der Waals surface area contributed by atoms with Gasteiger partial charge in [0.25, 0.3) is 0 Å². The van der Waals surface area contributed by atoms with Crippen molar-refractivity contribution in [1.29, 1.82) is 0 Å². The number of hydrogen-bond donors (Lipinski definition) is 1. The van der Waals surface area contributed by atoms with Crippen molar-refractivity contribution in [2.75, 3.05) is 12.8 Å². The van der Waals surface area contributed by atoms with E-state index in [1.807, 2.05) is 13.8 Å². The summed E-state index contributed by atoms with van der Waals surface area (Å²) in [6, 6.07) is 8.19. The molecule has 2 rings (SSSR count). The molecule has 0 atom stereocenters. The second kappa shape index (κ2) is 4.79. The maximum atomic E-state index is 12.4. The average molecular weight is 279 g/mol. The van der Waals surface area contributed by atoms with E-state index in [1.54, 1.807) is 37.4 Å². The molecule has 0 fully saturated rings. The van der Waals surface area contributed by atoms with Crippen molar-refractivity contribution >= 4 is 26.7 Å². The summed E-state index contributed by atoms with van der Waals surface area (Å²) < 4.78 is 26.1. The van der Waals surface area contributed by atoms with Gasteiger partial charge in [-0.15, -0.1) is 0 Å². The van der Waals surface area contributed by atoms with Gasteiger partial charge in [0.05, 0.1) is 10.4 Å². The van der Waals surface area contributed by atoms with Crippen LogP contribution in [-0.2, 0) is 10.0 Å². The summed E-state index contributed by atoms with van der Waals surface area (Å²) >= 11 is 0. The Labute approximate surface area is 113 Å². The predicted molar refractivity (Wildman–Crippen MR) is 76.2 cm³/mol. The van der Waals surface area contributed by atoms with E-state index in [0.717, 1.165) is 5.39 Å². The first-order valence-corrected chi connectivity index (χ1v) is 7.40. The number of nitrogens with two attached hydrogens (primary N) is 1. The van der Waals surface area contributed by atoms with Crippen LogP contribution in [0.25, 0.3) is 10.9 Å². The lowest BCUT2D eigenvalue weighted by Gasteiger charge is -2.21. The van der Waals surface area contributed by atoms with Gasteiger partial charge in [0.15, 0.2) is 0 Å². The van der Waals surface area contributed by atoms with Gasteiger partial charge in [-0.25, -0.2) is 13.4 Å². The van der Waals surface area contributed by atoms with E-state index in [-0.39, 0.29) is 10.9 Å². The number of nitrogen functional groups attached to an aromatic ring is 1. The second-order valence-electron chi connectivity index (χ2n) is 4.71. The zero-order valence-electron chi connectivity index (χ0n) is 11.2. The van der Waals surface area contributed by atoms with Gasteiger partial charge in [0.2, 0.25) is 10.0 Å². The van der Waals surface area contributed by atoms with E-state index in [2.05, 4.69) is 4.98 Å². The fourth-order valence-electron chi connectivity index (χ4n) is 1.72. The van der Waals surface area contributed by atoms with Crippen LogP contribution in [-0.4, -0.2) is 30.8 Å². The number of fused-ring (bicyclic) bond motifs is 1. The first-order valence-electron chi connectivity index (χ1n) is 5.96. The van der Waals surface area contributed by atoms with Gasteiger partial charge in [-0.2, -0.15) is 4.31 Å². The Morgan fingerprint density at radius 2 is 1.89 bits per heavy atom. The predicted octanol–water partition coefficient (Wildman–Crippen LogP) is 1.85. The molecule has 19 heavy (non-hydrogen) atoms. The minimum Gasteiger partial charge on any atom is -0.384 e. The number of anilines is 1. The maximum Gasteiger partial charge on any atom is 0.243 e. The van der Waals surface area contributed by atoms with Crippen LogP contribution >= 0.6 is 0 Å². The highest BCUT2D eigenvalue weighted by Crippen LogP contribution is 2.22. The Hall–Kier alpha value is -1.66. The van der Waals surface area contributed by atoms with Gasteiger partial charge in [-0.1, -0.05) is 0 Å². The lowest BCUT2D eigenvalue weighted by Crippen LogP contribution is -2.33. The van der Waals surface area contributed by atoms with Gasteiger partial charge in [-0.05, 0) is 44.2 Å². The van der Waals surface area contributed by atoms with Crippen LogP contribution in [0.3, 0.4) is 0 Å². The van der Waals surface area contributed by atoms with Crippen LogP contribution in [0.2, 0.25) is 0 Å². The molecule has 102 valence electrons. The molecule has 0 aliphatic rings. The zero-order chi connectivity index (χ0) is 14.2. The van der Waals surface area contributed by atoms with Crippen molar-refractivity contribution < 1.29 is 8.42 Å². The quantitative estimate of drug-likeness (QED) is 0.930. The largest absolute Gasteiger partial charge is 0.384 e. The van der Waals surface area contributed by atoms with Gasteiger partial charge >= 0.3 is 0 Å². The molecule has 0 spiro atoms. The Morgan fingerprint density at radius 1 is 1.21 bits per heavy atom. The second-order valence-corrected chi connectivity index (χ2v) is 6.70. The molecular formula is C13H17N3O2S. The molecule has 2 N–H and O–H groups in total. The zero-order valence-corrected chi connectivity index (χ0v) is 12.0. The molecule has 1 aromatic heterocycles. The van der Waals surface area contributed by atoms with Crippen molar-refractivity contribution in [2.24, 2.45) is 0 Å². The third-order valence-corrected chi connectivity index (χ3v) is 5.12. The summed E-state index contributed by atoms with van der Waals surface area (Å²) in [6.45, 7) is 3.67. The first-order chi connectivity index (χ1) is 8.82. The third kappa shape index (κ3) is 2.54. The van der Waals surface area contributed by atoms with Crippen molar-refractivity contribution in [2.45, 2.75) is 24.8 Å². The minimum absolute atomic E-state index is 0.0924. The van der Waals surface area contributed by atoms with Crippen LogP contribution in [0.1, 0.15) is 13.8 Å². The molecule has 1 heterocycles. The van der Waals surface area contributed by atoms with Crippen LogP contribution in [0.4, 0.5) is 5.82 Å². The maximum absolute atomic E-state index is 12.4. The monoisotopic (exact) mass is 279 g/mol. The number of rotatable bonds is 3. The summed E-state index contributed by atoms with van der Waals surface area (Å²) in [7, 11) is -1.89. The fraction of sp³-hybridized carbons (Fsp3) is 0.308. The normalized spacial score (nSPS) is 12.5. The molecule has 2 aromatic rings. The Morgan fingerprint density at radius 3 is 2.53 bits per heavy atom. The Kier molecular flexibility index (Phi) is 3.47. The van der Waals surface area contributed by atoms with E-state index < -0.39 is 10.0 Å². The summed E-state index contributed by atoms with van der Waals surface area (Å²) in [5.41, 5.74) is 6.28. The van der Waals surface area contributed by atoms with Crippen LogP contribution in [0.5, 0.6) is 0 Å². The molecule has 0 unspecified atom stereocenters. The van der Waals surface area contributed by atoms with Crippen LogP contribution in [0, 0.1) is 0 Å². The van der Waals surface area contributed by atoms with Gasteiger partial charge in [0.1, 0.15) is 5.82 Å². The summed E-state index contributed by atoms with van der Waals surface area (Å²) in [5.74, 6) is 0.419.